The van der Waals surface area contributed by atoms with Crippen LogP contribution in [-0.4, -0.2) is 40.4 Å². The number of hydrogen-bond acceptors (Lipinski definition) is 3. The van der Waals surface area contributed by atoms with Gasteiger partial charge in [0.1, 0.15) is 0 Å². The van der Waals surface area contributed by atoms with Gasteiger partial charge in [0, 0.05) is 19.1 Å². The van der Waals surface area contributed by atoms with Gasteiger partial charge in [-0.25, -0.2) is 0 Å². The van der Waals surface area contributed by atoms with Gasteiger partial charge >= 0.3 is 0 Å². The Kier molecular flexibility index (Phi) is 3.94. The molecule has 1 heterocycles. The van der Waals surface area contributed by atoms with Crippen LogP contribution in [0, 0.1) is 0 Å². The smallest absolute Gasteiger partial charge is 0.0993 e. The van der Waals surface area contributed by atoms with Crippen molar-refractivity contribution in [3.63, 3.8) is 0 Å². The largest absolute Gasteiger partial charge is 0.389 e. The Hall–Kier alpha value is -1.16. The van der Waals surface area contributed by atoms with E-state index < -0.39 is 12.2 Å². The first-order valence-electron chi connectivity index (χ1n) is 6.00. The highest BCUT2D eigenvalue weighted by molar-refractivity contribution is 5.19. The standard InChI is InChI=1S/C14H19NO2/c1-11(12-6-3-2-4-7-12)15-9-5-8-13(16)14(17)10-15/h2-8,11,13-14,16-17H,9-10H2,1H3/t11-,13-,14-/m1/s1. The Morgan fingerprint density at radius 1 is 1.24 bits per heavy atom. The Morgan fingerprint density at radius 3 is 2.65 bits per heavy atom. The molecule has 0 bridgehead atoms. The molecule has 3 atom stereocenters. The Bertz CT molecular complexity index is 377. The number of hydrogen-bond donors (Lipinski definition) is 2. The molecule has 0 aromatic heterocycles. The predicted molar refractivity (Wildman–Crippen MR) is 67.6 cm³/mol. The van der Waals surface area contributed by atoms with Crippen molar-refractivity contribution in [2.24, 2.45) is 0 Å². The Balaban J connectivity index is 2.10. The summed E-state index contributed by atoms with van der Waals surface area (Å²) in [5.41, 5.74) is 1.23. The SMILES string of the molecule is C[C@H](c1ccccc1)N1CC=C[C@@H](O)[C@H](O)C1. The molecule has 17 heavy (non-hydrogen) atoms. The van der Waals surface area contributed by atoms with Crippen LogP contribution in [0.25, 0.3) is 0 Å². The molecule has 1 aromatic carbocycles. The molecule has 1 aliphatic rings. The van der Waals surface area contributed by atoms with Crippen LogP contribution < -0.4 is 0 Å². The van der Waals surface area contributed by atoms with Gasteiger partial charge < -0.3 is 10.2 Å². The first-order valence-corrected chi connectivity index (χ1v) is 6.00. The van der Waals surface area contributed by atoms with E-state index in [0.717, 1.165) is 6.54 Å². The van der Waals surface area contributed by atoms with Crippen LogP contribution in [0.5, 0.6) is 0 Å². The molecular formula is C14H19NO2. The van der Waals surface area contributed by atoms with E-state index in [0.29, 0.717) is 6.54 Å². The van der Waals surface area contributed by atoms with E-state index in [-0.39, 0.29) is 6.04 Å². The molecule has 0 aliphatic carbocycles. The highest BCUT2D eigenvalue weighted by Gasteiger charge is 2.23. The minimum atomic E-state index is -0.747. The second-order valence-corrected chi connectivity index (χ2v) is 4.53. The van der Waals surface area contributed by atoms with Crippen LogP contribution in [0.2, 0.25) is 0 Å². The summed E-state index contributed by atoms with van der Waals surface area (Å²) in [5.74, 6) is 0. The molecule has 0 spiro atoms. The van der Waals surface area contributed by atoms with Crippen molar-refractivity contribution in [1.29, 1.82) is 0 Å². The lowest BCUT2D eigenvalue weighted by molar-refractivity contribution is 0.0216. The number of aliphatic hydroxyl groups excluding tert-OH is 2. The number of benzene rings is 1. The third-order valence-corrected chi connectivity index (χ3v) is 3.32. The van der Waals surface area contributed by atoms with Crippen molar-refractivity contribution in [3.05, 3.63) is 48.0 Å². The van der Waals surface area contributed by atoms with E-state index in [1.807, 2.05) is 24.3 Å². The van der Waals surface area contributed by atoms with Crippen molar-refractivity contribution in [2.75, 3.05) is 13.1 Å². The Morgan fingerprint density at radius 2 is 1.94 bits per heavy atom. The van der Waals surface area contributed by atoms with E-state index in [1.54, 1.807) is 6.08 Å². The first kappa shape index (κ1) is 12.3. The lowest BCUT2D eigenvalue weighted by atomic mass is 10.1. The van der Waals surface area contributed by atoms with Crippen LogP contribution in [0.15, 0.2) is 42.5 Å². The fourth-order valence-electron chi connectivity index (χ4n) is 2.15. The number of nitrogens with zero attached hydrogens (tertiary/aromatic N) is 1. The molecule has 0 amide bonds. The molecule has 2 N–H and O–H groups in total. The maximum atomic E-state index is 9.78. The third-order valence-electron chi connectivity index (χ3n) is 3.32. The summed E-state index contributed by atoms with van der Waals surface area (Å²) < 4.78 is 0. The van der Waals surface area contributed by atoms with Crippen LogP contribution in [0.3, 0.4) is 0 Å². The zero-order valence-corrected chi connectivity index (χ0v) is 10.0. The number of rotatable bonds is 2. The molecule has 2 rings (SSSR count). The molecular weight excluding hydrogens is 214 g/mol. The van der Waals surface area contributed by atoms with Gasteiger partial charge in [0.2, 0.25) is 0 Å². The summed E-state index contributed by atoms with van der Waals surface area (Å²) in [6, 6.07) is 10.4. The van der Waals surface area contributed by atoms with Gasteiger partial charge in [0.25, 0.3) is 0 Å². The molecule has 1 aliphatic heterocycles. The summed E-state index contributed by atoms with van der Waals surface area (Å²) in [7, 11) is 0. The maximum absolute atomic E-state index is 9.78. The Labute approximate surface area is 102 Å². The lowest BCUT2D eigenvalue weighted by Crippen LogP contribution is -2.37. The lowest BCUT2D eigenvalue weighted by Gasteiger charge is -2.29. The summed E-state index contributed by atoms with van der Waals surface area (Å²) in [6.07, 6.45) is 2.13. The van der Waals surface area contributed by atoms with E-state index in [4.69, 9.17) is 0 Å². The van der Waals surface area contributed by atoms with Crippen molar-refractivity contribution >= 4 is 0 Å². The molecule has 92 valence electrons. The average molecular weight is 233 g/mol. The van der Waals surface area contributed by atoms with Crippen LogP contribution in [0.1, 0.15) is 18.5 Å². The van der Waals surface area contributed by atoms with Gasteiger partial charge in [0.05, 0.1) is 12.2 Å². The quantitative estimate of drug-likeness (QED) is 0.758. The van der Waals surface area contributed by atoms with Gasteiger partial charge in [-0.1, -0.05) is 42.5 Å². The first-order chi connectivity index (χ1) is 8.18. The molecule has 0 saturated carbocycles. The van der Waals surface area contributed by atoms with Crippen molar-refractivity contribution in [1.82, 2.24) is 4.90 Å². The molecule has 1 aromatic rings. The van der Waals surface area contributed by atoms with Gasteiger partial charge in [-0.2, -0.15) is 0 Å². The second kappa shape index (κ2) is 5.45. The summed E-state index contributed by atoms with van der Waals surface area (Å²) in [4.78, 5) is 2.16. The van der Waals surface area contributed by atoms with Gasteiger partial charge in [-0.3, -0.25) is 4.90 Å². The molecule has 0 radical (unpaired) electrons. The topological polar surface area (TPSA) is 43.7 Å². The summed E-state index contributed by atoms with van der Waals surface area (Å²) >= 11 is 0. The van der Waals surface area contributed by atoms with Crippen LogP contribution in [-0.2, 0) is 0 Å². The molecule has 0 unspecified atom stereocenters. The monoisotopic (exact) mass is 233 g/mol. The van der Waals surface area contributed by atoms with E-state index in [1.165, 1.54) is 5.56 Å². The van der Waals surface area contributed by atoms with E-state index in [9.17, 15) is 10.2 Å². The maximum Gasteiger partial charge on any atom is 0.0993 e. The molecule has 3 heteroatoms. The second-order valence-electron chi connectivity index (χ2n) is 4.53. The molecule has 3 nitrogen and oxygen atoms in total. The third kappa shape index (κ3) is 2.94. The van der Waals surface area contributed by atoms with Gasteiger partial charge in [-0.05, 0) is 12.5 Å². The summed E-state index contributed by atoms with van der Waals surface area (Å²) in [6.45, 7) is 3.36. The fraction of sp³-hybridized carbons (Fsp3) is 0.429. The van der Waals surface area contributed by atoms with Crippen molar-refractivity contribution in [3.8, 4) is 0 Å². The molecule has 0 saturated heterocycles. The van der Waals surface area contributed by atoms with Gasteiger partial charge in [-0.15, -0.1) is 0 Å². The van der Waals surface area contributed by atoms with E-state index >= 15 is 0 Å². The minimum absolute atomic E-state index is 0.237. The van der Waals surface area contributed by atoms with E-state index in [2.05, 4.69) is 24.0 Å². The highest BCUT2D eigenvalue weighted by atomic mass is 16.3. The van der Waals surface area contributed by atoms with Crippen LogP contribution >= 0.6 is 0 Å². The number of aliphatic hydroxyl groups is 2. The normalized spacial score (nSPS) is 27.7. The highest BCUT2D eigenvalue weighted by Crippen LogP contribution is 2.21. The minimum Gasteiger partial charge on any atom is -0.389 e. The van der Waals surface area contributed by atoms with Crippen molar-refractivity contribution in [2.45, 2.75) is 25.2 Å². The number of β-amino-alcohol motifs (C(OH)–C–C–N with tert-alkyl or cyclic N) is 1. The predicted octanol–water partition coefficient (Wildman–Crippen LogP) is 1.34. The molecule has 0 fully saturated rings. The fourth-order valence-corrected chi connectivity index (χ4v) is 2.15. The van der Waals surface area contributed by atoms with Crippen LogP contribution in [0.4, 0.5) is 0 Å². The zero-order valence-electron chi connectivity index (χ0n) is 10.0. The van der Waals surface area contributed by atoms with Crippen molar-refractivity contribution < 1.29 is 10.2 Å². The average Bonchev–Trinajstić information content (AvgIpc) is 2.52. The van der Waals surface area contributed by atoms with Gasteiger partial charge in [0.15, 0.2) is 0 Å². The summed E-state index contributed by atoms with van der Waals surface area (Å²) in [5, 5.41) is 19.3. The zero-order chi connectivity index (χ0) is 12.3.